The number of anilines is 2. The van der Waals surface area contributed by atoms with Gasteiger partial charge in [-0.3, -0.25) is 4.79 Å². The summed E-state index contributed by atoms with van der Waals surface area (Å²) in [5, 5.41) is 1.87. The number of carbonyl (C=O) groups is 1. The first kappa shape index (κ1) is 19.8. The standard InChI is InChI=1S/C21H19Cl2FN4OS/c22-14-3-1-5-16(18(14)23)26-7-9-27(10-8-26)20(29)13-11-28(12-13)21-25-19-15(24)4-2-6-17(19)30-21/h1-6,13H,7-12H2. The monoisotopic (exact) mass is 464 g/mol. The van der Waals surface area contributed by atoms with E-state index in [9.17, 15) is 9.18 Å². The highest BCUT2D eigenvalue weighted by Gasteiger charge is 2.37. The van der Waals surface area contributed by atoms with Crippen LogP contribution in [0.4, 0.5) is 15.2 Å². The Morgan fingerprint density at radius 3 is 2.50 bits per heavy atom. The van der Waals surface area contributed by atoms with E-state index in [1.807, 2.05) is 23.1 Å². The summed E-state index contributed by atoms with van der Waals surface area (Å²) in [7, 11) is 0. The largest absolute Gasteiger partial charge is 0.367 e. The second-order valence-corrected chi connectivity index (χ2v) is 9.36. The van der Waals surface area contributed by atoms with Gasteiger partial charge in [0.1, 0.15) is 11.3 Å². The van der Waals surface area contributed by atoms with Gasteiger partial charge < -0.3 is 14.7 Å². The van der Waals surface area contributed by atoms with Crippen molar-refractivity contribution < 1.29 is 9.18 Å². The highest BCUT2D eigenvalue weighted by molar-refractivity contribution is 7.22. The van der Waals surface area contributed by atoms with Gasteiger partial charge in [-0.05, 0) is 24.3 Å². The van der Waals surface area contributed by atoms with Crippen molar-refractivity contribution in [2.24, 2.45) is 5.92 Å². The topological polar surface area (TPSA) is 39.7 Å². The number of nitrogens with zero attached hydrogens (tertiary/aromatic N) is 4. The third-order valence-electron chi connectivity index (χ3n) is 5.72. The summed E-state index contributed by atoms with van der Waals surface area (Å²) in [6, 6.07) is 10.6. The molecule has 0 atom stereocenters. The summed E-state index contributed by atoms with van der Waals surface area (Å²) in [5.74, 6) is -0.167. The van der Waals surface area contributed by atoms with Gasteiger partial charge in [-0.15, -0.1) is 0 Å². The number of rotatable bonds is 3. The fraction of sp³-hybridized carbons (Fsp3) is 0.333. The number of benzene rings is 2. The van der Waals surface area contributed by atoms with Crippen molar-refractivity contribution in [1.82, 2.24) is 9.88 Å². The lowest BCUT2D eigenvalue weighted by Gasteiger charge is -2.43. The molecule has 5 nitrogen and oxygen atoms in total. The van der Waals surface area contributed by atoms with E-state index in [1.54, 1.807) is 12.1 Å². The number of thiazole rings is 1. The first-order chi connectivity index (χ1) is 14.5. The van der Waals surface area contributed by atoms with Crippen LogP contribution in [0.3, 0.4) is 0 Å². The van der Waals surface area contributed by atoms with E-state index in [0.29, 0.717) is 41.7 Å². The first-order valence-corrected chi connectivity index (χ1v) is 11.4. The van der Waals surface area contributed by atoms with Crippen molar-refractivity contribution in [3.05, 3.63) is 52.3 Å². The Morgan fingerprint density at radius 1 is 1.03 bits per heavy atom. The van der Waals surface area contributed by atoms with E-state index in [1.165, 1.54) is 17.4 Å². The molecule has 2 aromatic carbocycles. The summed E-state index contributed by atoms with van der Waals surface area (Å²) in [4.78, 5) is 23.5. The lowest BCUT2D eigenvalue weighted by Crippen LogP contribution is -2.58. The predicted molar refractivity (Wildman–Crippen MR) is 121 cm³/mol. The van der Waals surface area contributed by atoms with Gasteiger partial charge in [0.15, 0.2) is 5.13 Å². The minimum Gasteiger partial charge on any atom is -0.367 e. The van der Waals surface area contributed by atoms with Crippen LogP contribution in [0.25, 0.3) is 10.2 Å². The van der Waals surface area contributed by atoms with E-state index in [-0.39, 0.29) is 17.6 Å². The Bertz CT molecular complexity index is 1110. The fourth-order valence-corrected chi connectivity index (χ4v) is 5.41. The number of fused-ring (bicyclic) bond motifs is 1. The van der Waals surface area contributed by atoms with Crippen molar-refractivity contribution in [3.8, 4) is 0 Å². The Kier molecular flexibility index (Phi) is 5.21. The molecule has 9 heteroatoms. The molecule has 0 bridgehead atoms. The van der Waals surface area contributed by atoms with Crippen LogP contribution in [0.2, 0.25) is 10.0 Å². The Morgan fingerprint density at radius 2 is 1.77 bits per heavy atom. The van der Waals surface area contributed by atoms with Gasteiger partial charge in [0, 0.05) is 39.3 Å². The fourth-order valence-electron chi connectivity index (χ4n) is 3.99. The summed E-state index contributed by atoms with van der Waals surface area (Å²) >= 11 is 13.9. The molecule has 3 aromatic rings. The lowest BCUT2D eigenvalue weighted by molar-refractivity contribution is -0.136. The molecule has 30 heavy (non-hydrogen) atoms. The summed E-state index contributed by atoms with van der Waals surface area (Å²) in [6.45, 7) is 4.01. The van der Waals surface area contributed by atoms with E-state index in [0.717, 1.165) is 28.6 Å². The Hall–Kier alpha value is -2.09. The number of piperazine rings is 1. The summed E-state index contributed by atoms with van der Waals surface area (Å²) in [5.41, 5.74) is 1.32. The minimum atomic E-state index is -0.305. The number of aromatic nitrogens is 1. The smallest absolute Gasteiger partial charge is 0.229 e. The summed E-state index contributed by atoms with van der Waals surface area (Å²) < 4.78 is 14.7. The Labute approximate surface area is 187 Å². The molecule has 2 saturated heterocycles. The van der Waals surface area contributed by atoms with Crippen LogP contribution in [0.1, 0.15) is 0 Å². The molecule has 0 radical (unpaired) electrons. The van der Waals surface area contributed by atoms with E-state index >= 15 is 0 Å². The van der Waals surface area contributed by atoms with Crippen molar-refractivity contribution in [2.75, 3.05) is 49.1 Å². The molecule has 156 valence electrons. The van der Waals surface area contributed by atoms with Crippen LogP contribution in [0.15, 0.2) is 36.4 Å². The highest BCUT2D eigenvalue weighted by atomic mass is 35.5. The molecule has 3 heterocycles. The van der Waals surface area contributed by atoms with E-state index in [2.05, 4.69) is 14.8 Å². The maximum atomic E-state index is 13.9. The number of hydrogen-bond acceptors (Lipinski definition) is 5. The van der Waals surface area contributed by atoms with Gasteiger partial charge in [0.25, 0.3) is 0 Å². The van der Waals surface area contributed by atoms with Crippen molar-refractivity contribution >= 4 is 61.5 Å². The molecule has 0 spiro atoms. The number of para-hydroxylation sites is 1. The van der Waals surface area contributed by atoms with Crippen LogP contribution in [-0.2, 0) is 4.79 Å². The van der Waals surface area contributed by atoms with Crippen molar-refractivity contribution in [3.63, 3.8) is 0 Å². The van der Waals surface area contributed by atoms with Gasteiger partial charge in [-0.2, -0.15) is 0 Å². The summed E-state index contributed by atoms with van der Waals surface area (Å²) in [6.07, 6.45) is 0. The van der Waals surface area contributed by atoms with Gasteiger partial charge >= 0.3 is 0 Å². The molecule has 1 aromatic heterocycles. The normalized spacial score (nSPS) is 17.5. The zero-order valence-electron chi connectivity index (χ0n) is 16.0. The number of hydrogen-bond donors (Lipinski definition) is 0. The SMILES string of the molecule is O=C(C1CN(c2nc3c(F)cccc3s2)C1)N1CCN(c2cccc(Cl)c2Cl)CC1. The quantitative estimate of drug-likeness (QED) is 0.570. The third-order valence-corrected chi connectivity index (χ3v) is 7.61. The van der Waals surface area contributed by atoms with Crippen LogP contribution in [-0.4, -0.2) is 55.1 Å². The highest BCUT2D eigenvalue weighted by Crippen LogP contribution is 2.35. The van der Waals surface area contributed by atoms with Gasteiger partial charge in [0.2, 0.25) is 5.91 Å². The molecule has 1 amide bonds. The second kappa shape index (κ2) is 7.87. The maximum Gasteiger partial charge on any atom is 0.229 e. The number of amides is 1. The molecule has 0 aliphatic carbocycles. The first-order valence-electron chi connectivity index (χ1n) is 9.79. The number of carbonyl (C=O) groups excluding carboxylic acids is 1. The van der Waals surface area contributed by atoms with E-state index < -0.39 is 0 Å². The molecule has 0 N–H and O–H groups in total. The van der Waals surface area contributed by atoms with Gasteiger partial charge in [-0.25, -0.2) is 9.37 Å². The minimum absolute atomic E-state index is 0.0387. The molecule has 0 unspecified atom stereocenters. The zero-order chi connectivity index (χ0) is 20.8. The zero-order valence-corrected chi connectivity index (χ0v) is 18.4. The van der Waals surface area contributed by atoms with Crippen molar-refractivity contribution in [1.29, 1.82) is 0 Å². The van der Waals surface area contributed by atoms with Crippen LogP contribution >= 0.6 is 34.5 Å². The molecule has 2 aliphatic rings. The molecule has 0 saturated carbocycles. The molecule has 2 fully saturated rings. The molecule has 5 rings (SSSR count). The predicted octanol–water partition coefficient (Wildman–Crippen LogP) is 4.53. The van der Waals surface area contributed by atoms with Crippen LogP contribution in [0.5, 0.6) is 0 Å². The van der Waals surface area contributed by atoms with Crippen molar-refractivity contribution in [2.45, 2.75) is 0 Å². The average Bonchev–Trinajstić information content (AvgIpc) is 3.14. The van der Waals surface area contributed by atoms with Gasteiger partial charge in [0.05, 0.1) is 26.4 Å². The molecular weight excluding hydrogens is 446 g/mol. The number of halogens is 3. The van der Waals surface area contributed by atoms with E-state index in [4.69, 9.17) is 23.2 Å². The maximum absolute atomic E-state index is 13.9. The van der Waals surface area contributed by atoms with Gasteiger partial charge in [-0.1, -0.05) is 46.7 Å². The lowest BCUT2D eigenvalue weighted by atomic mass is 9.99. The third kappa shape index (κ3) is 3.49. The van der Waals surface area contributed by atoms with Crippen LogP contribution in [0, 0.1) is 11.7 Å². The van der Waals surface area contributed by atoms with Crippen LogP contribution < -0.4 is 9.80 Å². The molecule has 2 aliphatic heterocycles. The average molecular weight is 465 g/mol. The second-order valence-electron chi connectivity index (χ2n) is 7.57. The Balaban J connectivity index is 1.18. The molecular formula is C21H19Cl2FN4OS.